The molecule has 0 fully saturated rings. The molecule has 0 aromatic heterocycles. The Kier molecular flexibility index (Phi) is 4.78. The molecule has 0 aliphatic rings. The van der Waals surface area contributed by atoms with Crippen LogP contribution in [0.25, 0.3) is 0 Å². The highest BCUT2D eigenvalue weighted by Crippen LogP contribution is 2.25. The van der Waals surface area contributed by atoms with E-state index >= 15 is 0 Å². The molecular weight excluding hydrogens is 186 g/mol. The molecule has 0 radical (unpaired) electrons. The number of hydrogen-bond donors (Lipinski definition) is 1. The van der Waals surface area contributed by atoms with E-state index in [2.05, 4.69) is 0 Å². The van der Waals surface area contributed by atoms with E-state index < -0.39 is 11.5 Å². The van der Waals surface area contributed by atoms with Crippen molar-refractivity contribution in [1.29, 1.82) is 0 Å². The Morgan fingerprint density at radius 2 is 2.08 bits per heavy atom. The number of hydrogen-bond acceptors (Lipinski definition) is 3. The van der Waals surface area contributed by atoms with Crippen molar-refractivity contribution >= 4 is 17.7 Å². The lowest BCUT2D eigenvalue weighted by Crippen LogP contribution is -2.54. The van der Waals surface area contributed by atoms with Crippen LogP contribution in [0.15, 0.2) is 0 Å². The summed E-state index contributed by atoms with van der Waals surface area (Å²) in [7, 11) is 3.62. The van der Waals surface area contributed by atoms with Crippen LogP contribution in [0.2, 0.25) is 0 Å². The standard InChI is InChI=1S/C9H19NO2S/c1-7(6-13-5)9(2,8(11)12)10(3)4/h7H,6H2,1-5H3,(H,11,12)/t7?,9-/m0/s1. The molecule has 0 rings (SSSR count). The normalized spacial score (nSPS) is 18.3. The minimum absolute atomic E-state index is 0.134. The number of carboxylic acids is 1. The smallest absolute Gasteiger partial charge is 0.324 e. The number of rotatable bonds is 5. The van der Waals surface area contributed by atoms with Crippen molar-refractivity contribution in [2.45, 2.75) is 19.4 Å². The molecule has 0 aliphatic carbocycles. The summed E-state index contributed by atoms with van der Waals surface area (Å²) in [6.45, 7) is 3.75. The number of likely N-dealkylation sites (N-methyl/N-ethyl adjacent to an activating group) is 1. The number of nitrogens with zero attached hydrogens (tertiary/aromatic N) is 1. The second-order valence-electron chi connectivity index (χ2n) is 3.70. The molecule has 0 heterocycles. The fourth-order valence-electron chi connectivity index (χ4n) is 1.26. The van der Waals surface area contributed by atoms with Crippen LogP contribution >= 0.6 is 11.8 Å². The van der Waals surface area contributed by atoms with Gasteiger partial charge >= 0.3 is 5.97 Å². The summed E-state index contributed by atoms with van der Waals surface area (Å²) in [5, 5.41) is 9.15. The van der Waals surface area contributed by atoms with Gasteiger partial charge in [-0.15, -0.1) is 0 Å². The van der Waals surface area contributed by atoms with Gasteiger partial charge in [0, 0.05) is 0 Å². The van der Waals surface area contributed by atoms with Gasteiger partial charge in [-0.3, -0.25) is 9.69 Å². The third-order valence-electron chi connectivity index (χ3n) is 2.74. The van der Waals surface area contributed by atoms with Crippen LogP contribution in [0.3, 0.4) is 0 Å². The molecule has 13 heavy (non-hydrogen) atoms. The largest absolute Gasteiger partial charge is 0.480 e. The third kappa shape index (κ3) is 2.61. The van der Waals surface area contributed by atoms with E-state index in [1.165, 1.54) is 0 Å². The first-order chi connectivity index (χ1) is 5.87. The quantitative estimate of drug-likeness (QED) is 0.736. The van der Waals surface area contributed by atoms with Crippen molar-refractivity contribution < 1.29 is 9.90 Å². The van der Waals surface area contributed by atoms with E-state index in [4.69, 9.17) is 5.11 Å². The van der Waals surface area contributed by atoms with Crippen molar-refractivity contribution in [3.05, 3.63) is 0 Å². The van der Waals surface area contributed by atoms with Crippen LogP contribution in [0.4, 0.5) is 0 Å². The van der Waals surface area contributed by atoms with E-state index in [0.717, 1.165) is 5.75 Å². The Morgan fingerprint density at radius 1 is 1.62 bits per heavy atom. The fraction of sp³-hybridized carbons (Fsp3) is 0.889. The Labute approximate surface area is 84.5 Å². The third-order valence-corrected chi connectivity index (χ3v) is 3.57. The van der Waals surface area contributed by atoms with Gasteiger partial charge in [0.15, 0.2) is 0 Å². The Morgan fingerprint density at radius 3 is 2.31 bits per heavy atom. The second kappa shape index (κ2) is 4.86. The second-order valence-corrected chi connectivity index (χ2v) is 4.61. The summed E-state index contributed by atoms with van der Waals surface area (Å²) >= 11 is 1.68. The van der Waals surface area contributed by atoms with Crippen molar-refractivity contribution in [2.75, 3.05) is 26.1 Å². The molecule has 0 amide bonds. The van der Waals surface area contributed by atoms with Gasteiger partial charge in [0.05, 0.1) is 0 Å². The first-order valence-electron chi connectivity index (χ1n) is 4.27. The number of carboxylic acid groups (broad SMARTS) is 1. The summed E-state index contributed by atoms with van der Waals surface area (Å²) in [4.78, 5) is 12.9. The first-order valence-corrected chi connectivity index (χ1v) is 5.66. The van der Waals surface area contributed by atoms with E-state index in [1.54, 1.807) is 23.6 Å². The molecule has 0 bridgehead atoms. The molecule has 0 saturated heterocycles. The predicted molar refractivity (Wildman–Crippen MR) is 57.3 cm³/mol. The van der Waals surface area contributed by atoms with E-state index in [-0.39, 0.29) is 5.92 Å². The van der Waals surface area contributed by atoms with Gasteiger partial charge in [-0.2, -0.15) is 11.8 Å². The predicted octanol–water partition coefficient (Wildman–Crippen LogP) is 1.39. The number of carbonyl (C=O) groups is 1. The lowest BCUT2D eigenvalue weighted by molar-refractivity contribution is -0.151. The Bertz CT molecular complexity index is 184. The van der Waals surface area contributed by atoms with Gasteiger partial charge in [-0.1, -0.05) is 6.92 Å². The molecule has 3 nitrogen and oxygen atoms in total. The average Bonchev–Trinajstić information content (AvgIpc) is 2.02. The summed E-state index contributed by atoms with van der Waals surface area (Å²) < 4.78 is 0. The number of aliphatic carboxylic acids is 1. The Balaban J connectivity index is 4.68. The SMILES string of the molecule is CSCC(C)[C@@](C)(C(=O)O)N(C)C. The van der Waals surface area contributed by atoms with Crippen LogP contribution in [0.1, 0.15) is 13.8 Å². The lowest BCUT2D eigenvalue weighted by Gasteiger charge is -2.37. The molecule has 1 N–H and O–H groups in total. The lowest BCUT2D eigenvalue weighted by atomic mass is 9.87. The fourth-order valence-corrected chi connectivity index (χ4v) is 2.08. The highest BCUT2D eigenvalue weighted by molar-refractivity contribution is 7.98. The van der Waals surface area contributed by atoms with Crippen LogP contribution < -0.4 is 0 Å². The molecule has 1 unspecified atom stereocenters. The number of thioether (sulfide) groups is 1. The van der Waals surface area contributed by atoms with Gasteiger partial charge < -0.3 is 5.11 Å². The maximum absolute atomic E-state index is 11.1. The molecular formula is C9H19NO2S. The van der Waals surface area contributed by atoms with Crippen molar-refractivity contribution in [3.8, 4) is 0 Å². The molecule has 78 valence electrons. The van der Waals surface area contributed by atoms with Gasteiger partial charge in [-0.25, -0.2) is 0 Å². The topological polar surface area (TPSA) is 40.5 Å². The van der Waals surface area contributed by atoms with Gasteiger partial charge in [0.2, 0.25) is 0 Å². The van der Waals surface area contributed by atoms with E-state index in [0.29, 0.717) is 0 Å². The van der Waals surface area contributed by atoms with Crippen LogP contribution in [0.5, 0.6) is 0 Å². The first kappa shape index (κ1) is 12.8. The maximum Gasteiger partial charge on any atom is 0.324 e. The van der Waals surface area contributed by atoms with Crippen LogP contribution in [-0.2, 0) is 4.79 Å². The highest BCUT2D eigenvalue weighted by Gasteiger charge is 2.40. The molecule has 0 spiro atoms. The molecule has 0 aliphatic heterocycles. The van der Waals surface area contributed by atoms with Crippen molar-refractivity contribution in [2.24, 2.45) is 5.92 Å². The summed E-state index contributed by atoms with van der Waals surface area (Å²) in [6.07, 6.45) is 1.99. The molecule has 0 aromatic carbocycles. The zero-order valence-electron chi connectivity index (χ0n) is 9.00. The summed E-state index contributed by atoms with van der Waals surface area (Å²) in [5.41, 5.74) is -0.761. The zero-order valence-corrected chi connectivity index (χ0v) is 9.81. The van der Waals surface area contributed by atoms with Gasteiger partial charge in [-0.05, 0) is 38.9 Å². The molecule has 2 atom stereocenters. The van der Waals surface area contributed by atoms with Crippen LogP contribution in [0, 0.1) is 5.92 Å². The minimum Gasteiger partial charge on any atom is -0.480 e. The minimum atomic E-state index is -0.761. The van der Waals surface area contributed by atoms with Crippen molar-refractivity contribution in [1.82, 2.24) is 4.90 Å². The molecule has 0 saturated carbocycles. The van der Waals surface area contributed by atoms with Gasteiger partial charge in [0.25, 0.3) is 0 Å². The average molecular weight is 205 g/mol. The monoisotopic (exact) mass is 205 g/mol. The maximum atomic E-state index is 11.1. The summed E-state index contributed by atoms with van der Waals surface area (Å²) in [6, 6.07) is 0. The highest BCUT2D eigenvalue weighted by atomic mass is 32.2. The van der Waals surface area contributed by atoms with Gasteiger partial charge in [0.1, 0.15) is 5.54 Å². The molecule has 4 heteroatoms. The summed E-state index contributed by atoms with van der Waals surface area (Å²) in [5.74, 6) is 0.245. The van der Waals surface area contributed by atoms with Crippen molar-refractivity contribution in [3.63, 3.8) is 0 Å². The molecule has 0 aromatic rings. The van der Waals surface area contributed by atoms with E-state index in [1.807, 2.05) is 27.3 Å². The van der Waals surface area contributed by atoms with E-state index in [9.17, 15) is 4.79 Å². The van der Waals surface area contributed by atoms with Crippen LogP contribution in [-0.4, -0.2) is 47.6 Å². The Hall–Kier alpha value is -0.220. The zero-order chi connectivity index (χ0) is 10.6.